The van der Waals surface area contributed by atoms with Crippen molar-refractivity contribution in [2.75, 3.05) is 18.1 Å². The lowest BCUT2D eigenvalue weighted by Gasteiger charge is -2.37. The third kappa shape index (κ3) is 4.29. The van der Waals surface area contributed by atoms with Crippen LogP contribution in [-0.2, 0) is 20.7 Å². The first-order valence-electron chi connectivity index (χ1n) is 9.51. The molecular formula is C24H21NO4. The van der Waals surface area contributed by atoms with E-state index in [-0.39, 0.29) is 25.0 Å². The predicted octanol–water partition coefficient (Wildman–Crippen LogP) is 3.94. The lowest BCUT2D eigenvalue weighted by molar-refractivity contribution is -0.147. The summed E-state index contributed by atoms with van der Waals surface area (Å²) in [5.74, 6) is -0.0676. The molecule has 3 aromatic rings. The van der Waals surface area contributed by atoms with E-state index in [9.17, 15) is 9.59 Å². The maximum Gasteiger partial charge on any atom is 0.310 e. The van der Waals surface area contributed by atoms with Gasteiger partial charge in [0.15, 0.2) is 6.61 Å². The minimum atomic E-state index is -0.428. The van der Waals surface area contributed by atoms with Gasteiger partial charge in [-0.3, -0.25) is 14.5 Å². The SMILES string of the molecule is O=C(Cc1ccccc1)OCC(=O)N1c2ccccc2OCC1c1ccccc1. The second-order valence-corrected chi connectivity index (χ2v) is 6.79. The van der Waals surface area contributed by atoms with E-state index in [0.717, 1.165) is 11.1 Å². The fourth-order valence-electron chi connectivity index (χ4n) is 3.44. The van der Waals surface area contributed by atoms with Crippen molar-refractivity contribution in [2.24, 2.45) is 0 Å². The quantitative estimate of drug-likeness (QED) is 0.623. The van der Waals surface area contributed by atoms with Gasteiger partial charge in [-0.05, 0) is 23.3 Å². The normalized spacial score (nSPS) is 15.2. The van der Waals surface area contributed by atoms with Gasteiger partial charge < -0.3 is 9.47 Å². The molecule has 0 aliphatic carbocycles. The van der Waals surface area contributed by atoms with Crippen LogP contribution in [0.15, 0.2) is 84.9 Å². The molecule has 0 radical (unpaired) electrons. The highest BCUT2D eigenvalue weighted by molar-refractivity contribution is 5.97. The molecule has 4 rings (SSSR count). The molecule has 3 aromatic carbocycles. The molecule has 1 atom stereocenters. The van der Waals surface area contributed by atoms with E-state index in [4.69, 9.17) is 9.47 Å². The number of benzene rings is 3. The number of nitrogens with zero attached hydrogens (tertiary/aromatic N) is 1. The van der Waals surface area contributed by atoms with Gasteiger partial charge in [-0.15, -0.1) is 0 Å². The Morgan fingerprint density at radius 2 is 1.55 bits per heavy atom. The summed E-state index contributed by atoms with van der Waals surface area (Å²) < 4.78 is 11.2. The number of carbonyl (C=O) groups excluding carboxylic acids is 2. The van der Waals surface area contributed by atoms with Crippen LogP contribution in [-0.4, -0.2) is 25.1 Å². The second-order valence-electron chi connectivity index (χ2n) is 6.79. The second kappa shape index (κ2) is 8.61. The number of esters is 1. The average molecular weight is 387 g/mol. The zero-order valence-corrected chi connectivity index (χ0v) is 15.9. The molecule has 0 aromatic heterocycles. The van der Waals surface area contributed by atoms with Crippen molar-refractivity contribution in [3.05, 3.63) is 96.1 Å². The first kappa shape index (κ1) is 18.7. The van der Waals surface area contributed by atoms with Gasteiger partial charge >= 0.3 is 5.97 Å². The Hall–Kier alpha value is -3.60. The van der Waals surface area contributed by atoms with Crippen LogP contribution in [0.2, 0.25) is 0 Å². The van der Waals surface area contributed by atoms with Gasteiger partial charge in [0.1, 0.15) is 12.4 Å². The van der Waals surface area contributed by atoms with Gasteiger partial charge in [0, 0.05) is 0 Å². The van der Waals surface area contributed by atoms with E-state index >= 15 is 0 Å². The molecule has 5 nitrogen and oxygen atoms in total. The molecule has 5 heteroatoms. The number of fused-ring (bicyclic) bond motifs is 1. The van der Waals surface area contributed by atoms with Gasteiger partial charge in [-0.1, -0.05) is 72.8 Å². The van der Waals surface area contributed by atoms with Gasteiger partial charge in [-0.2, -0.15) is 0 Å². The molecule has 0 bridgehead atoms. The molecule has 1 heterocycles. The van der Waals surface area contributed by atoms with E-state index in [1.165, 1.54) is 0 Å². The summed E-state index contributed by atoms with van der Waals surface area (Å²) in [6.45, 7) is 0.0219. The average Bonchev–Trinajstić information content (AvgIpc) is 2.78. The summed E-state index contributed by atoms with van der Waals surface area (Å²) in [7, 11) is 0. The molecule has 1 aliphatic rings. The molecule has 0 saturated heterocycles. The van der Waals surface area contributed by atoms with Crippen molar-refractivity contribution in [1.29, 1.82) is 0 Å². The molecule has 29 heavy (non-hydrogen) atoms. The maximum absolute atomic E-state index is 13.1. The van der Waals surface area contributed by atoms with Crippen LogP contribution in [0.4, 0.5) is 5.69 Å². The van der Waals surface area contributed by atoms with Crippen LogP contribution in [0, 0.1) is 0 Å². The summed E-state index contributed by atoms with van der Waals surface area (Å²) in [6, 6.07) is 26.1. The summed E-state index contributed by atoms with van der Waals surface area (Å²) in [4.78, 5) is 26.9. The highest BCUT2D eigenvalue weighted by Crippen LogP contribution is 2.39. The fraction of sp³-hybridized carbons (Fsp3) is 0.167. The number of amides is 1. The monoisotopic (exact) mass is 387 g/mol. The molecule has 0 spiro atoms. The Kier molecular flexibility index (Phi) is 5.56. The zero-order chi connectivity index (χ0) is 20.1. The lowest BCUT2D eigenvalue weighted by atomic mass is 10.0. The van der Waals surface area contributed by atoms with Crippen molar-refractivity contribution in [2.45, 2.75) is 12.5 Å². The van der Waals surface area contributed by atoms with E-state index in [1.807, 2.05) is 84.9 Å². The van der Waals surface area contributed by atoms with Crippen LogP contribution in [0.1, 0.15) is 17.2 Å². The molecule has 1 unspecified atom stereocenters. The van der Waals surface area contributed by atoms with Crippen LogP contribution < -0.4 is 9.64 Å². The minimum absolute atomic E-state index is 0.135. The third-order valence-corrected chi connectivity index (χ3v) is 4.83. The number of anilines is 1. The van der Waals surface area contributed by atoms with E-state index < -0.39 is 5.97 Å². The number of para-hydroxylation sites is 2. The molecule has 146 valence electrons. The Balaban J connectivity index is 1.51. The topological polar surface area (TPSA) is 55.8 Å². The highest BCUT2D eigenvalue weighted by Gasteiger charge is 2.33. The zero-order valence-electron chi connectivity index (χ0n) is 15.9. The van der Waals surface area contributed by atoms with Gasteiger partial charge in [0.25, 0.3) is 5.91 Å². The number of rotatable bonds is 5. The van der Waals surface area contributed by atoms with Gasteiger partial charge in [-0.25, -0.2) is 0 Å². The summed E-state index contributed by atoms with van der Waals surface area (Å²) in [5.41, 5.74) is 2.49. The highest BCUT2D eigenvalue weighted by atomic mass is 16.5. The van der Waals surface area contributed by atoms with Crippen LogP contribution in [0.25, 0.3) is 0 Å². The first-order chi connectivity index (χ1) is 14.2. The van der Waals surface area contributed by atoms with Crippen LogP contribution >= 0.6 is 0 Å². The van der Waals surface area contributed by atoms with E-state index in [1.54, 1.807) is 4.90 Å². The lowest BCUT2D eigenvalue weighted by Crippen LogP contribution is -2.43. The molecule has 0 saturated carbocycles. The Morgan fingerprint density at radius 1 is 0.897 bits per heavy atom. The fourth-order valence-corrected chi connectivity index (χ4v) is 3.44. The molecule has 0 fully saturated rings. The standard InChI is InChI=1S/C24H21NO4/c26-23(17-29-24(27)15-18-9-3-1-4-10-18)25-20-13-7-8-14-22(20)28-16-21(25)19-11-5-2-6-12-19/h1-14,21H,15-17H2. The number of carbonyl (C=O) groups is 2. The Bertz CT molecular complexity index is 988. The molecule has 0 N–H and O–H groups in total. The van der Waals surface area contributed by atoms with Crippen molar-refractivity contribution in [3.63, 3.8) is 0 Å². The predicted molar refractivity (Wildman–Crippen MR) is 110 cm³/mol. The summed E-state index contributed by atoms with van der Waals surface area (Å²) in [5, 5.41) is 0. The smallest absolute Gasteiger partial charge is 0.310 e. The third-order valence-electron chi connectivity index (χ3n) is 4.83. The van der Waals surface area contributed by atoms with Gasteiger partial charge in [0.05, 0.1) is 18.2 Å². The number of hydrogen-bond donors (Lipinski definition) is 0. The molecule has 1 aliphatic heterocycles. The van der Waals surface area contributed by atoms with E-state index in [2.05, 4.69) is 0 Å². The summed E-state index contributed by atoms with van der Waals surface area (Å²) >= 11 is 0. The van der Waals surface area contributed by atoms with Crippen molar-refractivity contribution in [1.82, 2.24) is 0 Å². The number of hydrogen-bond acceptors (Lipinski definition) is 4. The van der Waals surface area contributed by atoms with Crippen molar-refractivity contribution < 1.29 is 19.1 Å². The van der Waals surface area contributed by atoms with E-state index in [0.29, 0.717) is 18.0 Å². The molecular weight excluding hydrogens is 366 g/mol. The Labute approximate surface area is 169 Å². The van der Waals surface area contributed by atoms with Gasteiger partial charge in [0.2, 0.25) is 0 Å². The molecule has 1 amide bonds. The Morgan fingerprint density at radius 3 is 2.31 bits per heavy atom. The first-order valence-corrected chi connectivity index (χ1v) is 9.51. The van der Waals surface area contributed by atoms with Crippen molar-refractivity contribution >= 4 is 17.6 Å². The maximum atomic E-state index is 13.1. The largest absolute Gasteiger partial charge is 0.489 e. The number of ether oxygens (including phenoxy) is 2. The minimum Gasteiger partial charge on any atom is -0.489 e. The van der Waals surface area contributed by atoms with Crippen LogP contribution in [0.5, 0.6) is 5.75 Å². The van der Waals surface area contributed by atoms with Crippen molar-refractivity contribution in [3.8, 4) is 5.75 Å². The van der Waals surface area contributed by atoms with Crippen LogP contribution in [0.3, 0.4) is 0 Å². The summed E-state index contributed by atoms with van der Waals surface area (Å²) in [6.07, 6.45) is 0.135.